The predicted molar refractivity (Wildman–Crippen MR) is 96.2 cm³/mol. The van der Waals surface area contributed by atoms with Crippen LogP contribution in [0.3, 0.4) is 0 Å². The smallest absolute Gasteiger partial charge is 0.273 e. The van der Waals surface area contributed by atoms with Crippen LogP contribution in [0.1, 0.15) is 55.9 Å². The minimum atomic E-state index is -0.177. The molecule has 1 aromatic rings. The van der Waals surface area contributed by atoms with Gasteiger partial charge in [-0.1, -0.05) is 18.6 Å². The van der Waals surface area contributed by atoms with E-state index in [0.717, 1.165) is 32.4 Å². The maximum atomic E-state index is 12.8. The molecule has 0 bridgehead atoms. The summed E-state index contributed by atoms with van der Waals surface area (Å²) in [7, 11) is 1.75. The fourth-order valence-electron chi connectivity index (χ4n) is 5.00. The van der Waals surface area contributed by atoms with Crippen molar-refractivity contribution in [2.75, 3.05) is 19.6 Å². The molecule has 1 aliphatic heterocycles. The molecule has 1 unspecified atom stereocenters. The molecule has 1 saturated heterocycles. The highest BCUT2D eigenvalue weighted by Gasteiger charge is 2.48. The molecule has 3 aliphatic rings. The van der Waals surface area contributed by atoms with E-state index in [9.17, 15) is 9.59 Å². The molecule has 7 heteroatoms. The molecule has 4 rings (SSSR count). The first kappa shape index (κ1) is 17.5. The van der Waals surface area contributed by atoms with Crippen LogP contribution in [0.15, 0.2) is 6.20 Å². The monoisotopic (exact) mass is 359 g/mol. The van der Waals surface area contributed by atoms with E-state index in [1.54, 1.807) is 13.2 Å². The molecular formula is C19H29N5O2. The highest BCUT2D eigenvalue weighted by atomic mass is 16.2. The van der Waals surface area contributed by atoms with Crippen LogP contribution in [0.25, 0.3) is 0 Å². The van der Waals surface area contributed by atoms with Gasteiger partial charge in [-0.2, -0.15) is 0 Å². The summed E-state index contributed by atoms with van der Waals surface area (Å²) >= 11 is 0. The summed E-state index contributed by atoms with van der Waals surface area (Å²) in [5.41, 5.74) is 0.668. The number of nitrogens with one attached hydrogen (secondary N) is 1. The molecule has 2 amide bonds. The number of amides is 2. The van der Waals surface area contributed by atoms with Crippen molar-refractivity contribution >= 4 is 11.8 Å². The Balaban J connectivity index is 1.38. The van der Waals surface area contributed by atoms with Gasteiger partial charge in [0.1, 0.15) is 0 Å². The molecule has 0 aromatic carbocycles. The van der Waals surface area contributed by atoms with Gasteiger partial charge in [0.25, 0.3) is 5.91 Å². The van der Waals surface area contributed by atoms with Crippen LogP contribution in [-0.2, 0) is 11.8 Å². The fourth-order valence-corrected chi connectivity index (χ4v) is 5.00. The van der Waals surface area contributed by atoms with Crippen molar-refractivity contribution in [1.29, 1.82) is 0 Å². The Morgan fingerprint density at radius 3 is 2.65 bits per heavy atom. The number of aromatic nitrogens is 3. The lowest BCUT2D eigenvalue weighted by Gasteiger charge is -2.54. The maximum absolute atomic E-state index is 12.8. The standard InChI is InChI=1S/C19H29N5O2/c1-13-8-14(9-13)18(26)24-7-6-19(4-3-5-19)15(11-24)10-20-17(25)16-12-23(2)22-21-16/h12-15H,3-11H2,1-2H3,(H,20,25). The molecule has 2 aliphatic carbocycles. The summed E-state index contributed by atoms with van der Waals surface area (Å²) in [5, 5.41) is 10.7. The average molecular weight is 359 g/mol. The summed E-state index contributed by atoms with van der Waals surface area (Å²) < 4.78 is 1.53. The molecule has 26 heavy (non-hydrogen) atoms. The minimum Gasteiger partial charge on any atom is -0.350 e. The van der Waals surface area contributed by atoms with E-state index >= 15 is 0 Å². The summed E-state index contributed by atoms with van der Waals surface area (Å²) in [6, 6.07) is 0. The quantitative estimate of drug-likeness (QED) is 0.886. The summed E-state index contributed by atoms with van der Waals surface area (Å²) in [6.07, 6.45) is 8.49. The van der Waals surface area contributed by atoms with Gasteiger partial charge in [-0.25, -0.2) is 0 Å². The van der Waals surface area contributed by atoms with Gasteiger partial charge in [0.15, 0.2) is 5.69 Å². The second-order valence-electron chi connectivity index (χ2n) is 8.71. The molecule has 1 aromatic heterocycles. The van der Waals surface area contributed by atoms with Gasteiger partial charge < -0.3 is 10.2 Å². The van der Waals surface area contributed by atoms with Crippen LogP contribution < -0.4 is 5.32 Å². The first-order valence-electron chi connectivity index (χ1n) is 9.90. The Morgan fingerprint density at radius 1 is 1.31 bits per heavy atom. The number of hydrogen-bond donors (Lipinski definition) is 1. The maximum Gasteiger partial charge on any atom is 0.273 e. The number of rotatable bonds is 4. The van der Waals surface area contributed by atoms with Crippen molar-refractivity contribution in [3.63, 3.8) is 0 Å². The predicted octanol–water partition coefficient (Wildman–Crippen LogP) is 1.61. The van der Waals surface area contributed by atoms with Crippen molar-refractivity contribution in [2.24, 2.45) is 30.2 Å². The second-order valence-corrected chi connectivity index (χ2v) is 8.71. The zero-order valence-corrected chi connectivity index (χ0v) is 15.8. The van der Waals surface area contributed by atoms with Crippen LogP contribution in [0.5, 0.6) is 0 Å². The zero-order valence-electron chi connectivity index (χ0n) is 15.8. The van der Waals surface area contributed by atoms with Crippen molar-refractivity contribution < 1.29 is 9.59 Å². The molecule has 3 fully saturated rings. The number of nitrogens with zero attached hydrogens (tertiary/aromatic N) is 4. The highest BCUT2D eigenvalue weighted by molar-refractivity contribution is 5.91. The number of likely N-dealkylation sites (tertiary alicyclic amines) is 1. The number of carbonyl (C=O) groups is 2. The van der Waals surface area contributed by atoms with E-state index in [1.165, 1.54) is 23.9 Å². The van der Waals surface area contributed by atoms with Gasteiger partial charge in [0.05, 0.1) is 6.20 Å². The van der Waals surface area contributed by atoms with Gasteiger partial charge in [0.2, 0.25) is 5.91 Å². The Labute approximate surface area is 154 Å². The molecule has 7 nitrogen and oxygen atoms in total. The molecule has 2 heterocycles. The van der Waals surface area contributed by atoms with Gasteiger partial charge in [0, 0.05) is 32.6 Å². The van der Waals surface area contributed by atoms with E-state index < -0.39 is 0 Å². The van der Waals surface area contributed by atoms with Crippen LogP contribution >= 0.6 is 0 Å². The van der Waals surface area contributed by atoms with E-state index in [2.05, 4.69) is 27.5 Å². The molecular weight excluding hydrogens is 330 g/mol. The minimum absolute atomic E-state index is 0.177. The third-order valence-corrected chi connectivity index (χ3v) is 6.91. The third-order valence-electron chi connectivity index (χ3n) is 6.91. The number of aryl methyl sites for hydroxylation is 1. The summed E-state index contributed by atoms with van der Waals surface area (Å²) in [4.78, 5) is 27.2. The Morgan fingerprint density at radius 2 is 2.08 bits per heavy atom. The topological polar surface area (TPSA) is 80.1 Å². The average Bonchev–Trinajstić information content (AvgIpc) is 3.01. The largest absolute Gasteiger partial charge is 0.350 e. The Bertz CT molecular complexity index is 690. The molecule has 1 spiro atoms. The first-order valence-corrected chi connectivity index (χ1v) is 9.90. The molecule has 1 atom stereocenters. The lowest BCUT2D eigenvalue weighted by atomic mass is 9.57. The summed E-state index contributed by atoms with van der Waals surface area (Å²) in [5.74, 6) is 1.42. The molecule has 0 radical (unpaired) electrons. The summed E-state index contributed by atoms with van der Waals surface area (Å²) in [6.45, 7) is 4.50. The van der Waals surface area contributed by atoms with Crippen LogP contribution in [0, 0.1) is 23.2 Å². The Hall–Kier alpha value is -1.92. The zero-order chi connectivity index (χ0) is 18.3. The van der Waals surface area contributed by atoms with Crippen molar-refractivity contribution in [3.05, 3.63) is 11.9 Å². The first-order chi connectivity index (χ1) is 12.5. The van der Waals surface area contributed by atoms with Crippen molar-refractivity contribution in [1.82, 2.24) is 25.2 Å². The SMILES string of the molecule is CC1CC(C(=O)N2CCC3(CCC3)C(CNC(=O)c3cn(C)nn3)C2)C1. The van der Waals surface area contributed by atoms with Gasteiger partial charge in [-0.15, -0.1) is 5.10 Å². The van der Waals surface area contributed by atoms with Crippen LogP contribution in [0.4, 0.5) is 0 Å². The number of hydrogen-bond acceptors (Lipinski definition) is 4. The molecule has 142 valence electrons. The van der Waals surface area contributed by atoms with E-state index in [0.29, 0.717) is 35.4 Å². The van der Waals surface area contributed by atoms with E-state index in [-0.39, 0.29) is 11.8 Å². The highest BCUT2D eigenvalue weighted by Crippen LogP contribution is 2.52. The van der Waals surface area contributed by atoms with Crippen LogP contribution in [-0.4, -0.2) is 51.3 Å². The Kier molecular flexibility index (Phi) is 4.49. The molecule has 1 N–H and O–H groups in total. The van der Waals surface area contributed by atoms with Crippen LogP contribution in [0.2, 0.25) is 0 Å². The second kappa shape index (κ2) is 6.67. The van der Waals surface area contributed by atoms with Crippen molar-refractivity contribution in [3.8, 4) is 0 Å². The van der Waals surface area contributed by atoms with Crippen molar-refractivity contribution in [2.45, 2.75) is 45.4 Å². The lowest BCUT2D eigenvalue weighted by molar-refractivity contribution is -0.146. The van der Waals surface area contributed by atoms with Gasteiger partial charge in [-0.05, 0) is 49.4 Å². The van der Waals surface area contributed by atoms with E-state index in [4.69, 9.17) is 0 Å². The van der Waals surface area contributed by atoms with E-state index in [1.807, 2.05) is 0 Å². The molecule has 2 saturated carbocycles. The number of carbonyl (C=O) groups excluding carboxylic acids is 2. The third kappa shape index (κ3) is 3.12. The lowest BCUT2D eigenvalue weighted by Crippen LogP contribution is -2.56. The van der Waals surface area contributed by atoms with Gasteiger partial charge >= 0.3 is 0 Å². The van der Waals surface area contributed by atoms with Gasteiger partial charge in [-0.3, -0.25) is 14.3 Å². The normalized spacial score (nSPS) is 29.8. The fraction of sp³-hybridized carbons (Fsp3) is 0.789. The number of piperidine rings is 1.